The third-order valence-electron chi connectivity index (χ3n) is 3.53. The Morgan fingerprint density at radius 2 is 2.19 bits per heavy atom. The van der Waals surface area contributed by atoms with Crippen LogP contribution >= 0.6 is 11.6 Å². The third kappa shape index (κ3) is 2.86. The molecule has 1 aliphatic carbocycles. The van der Waals surface area contributed by atoms with Crippen molar-refractivity contribution in [3.05, 3.63) is 10.7 Å². The van der Waals surface area contributed by atoms with E-state index in [-0.39, 0.29) is 35.5 Å². The van der Waals surface area contributed by atoms with Gasteiger partial charge in [-0.3, -0.25) is 4.79 Å². The van der Waals surface area contributed by atoms with E-state index >= 15 is 0 Å². The number of hydrogen-bond donors (Lipinski definition) is 6. The van der Waals surface area contributed by atoms with Gasteiger partial charge in [-0.25, -0.2) is 4.98 Å². The second-order valence-corrected chi connectivity index (χ2v) is 5.29. The average Bonchev–Trinajstić information content (AvgIpc) is 2.64. The number of aliphatic hydroxyl groups excluding tert-OH is 2. The highest BCUT2D eigenvalue weighted by atomic mass is 35.5. The summed E-state index contributed by atoms with van der Waals surface area (Å²) >= 11 is 5.80. The predicted molar refractivity (Wildman–Crippen MR) is 74.4 cm³/mol. The van der Waals surface area contributed by atoms with Gasteiger partial charge >= 0.3 is 0 Å². The van der Waals surface area contributed by atoms with Crippen molar-refractivity contribution < 1.29 is 20.1 Å². The van der Waals surface area contributed by atoms with Crippen LogP contribution in [0.4, 0.5) is 11.8 Å². The fourth-order valence-electron chi connectivity index (χ4n) is 2.39. The quantitative estimate of drug-likeness (QED) is 0.293. The topological polar surface area (TPSA) is 168 Å². The zero-order valence-electron chi connectivity index (χ0n) is 11.0. The van der Waals surface area contributed by atoms with Gasteiger partial charge in [0.1, 0.15) is 22.6 Å². The Bertz CT molecular complexity index is 572. The summed E-state index contributed by atoms with van der Waals surface area (Å²) in [6.07, 6.45) is -0.723. The Hall–Kier alpha value is -1.68. The van der Waals surface area contributed by atoms with Crippen LogP contribution in [0.1, 0.15) is 23.2 Å². The summed E-state index contributed by atoms with van der Waals surface area (Å²) in [6.45, 7) is -0.277. The summed E-state index contributed by atoms with van der Waals surface area (Å²) in [4.78, 5) is 18.8. The number of aliphatic hydroxyl groups is 3. The number of nitrogens with one attached hydrogen (secondary N) is 1. The van der Waals surface area contributed by atoms with Crippen LogP contribution in [-0.2, 0) is 0 Å². The van der Waals surface area contributed by atoms with Gasteiger partial charge < -0.3 is 32.1 Å². The van der Waals surface area contributed by atoms with Crippen LogP contribution in [0.5, 0.6) is 0 Å². The van der Waals surface area contributed by atoms with Gasteiger partial charge in [0.05, 0.1) is 0 Å². The largest absolute Gasteiger partial charge is 0.396 e. The van der Waals surface area contributed by atoms with Crippen LogP contribution in [0.25, 0.3) is 0 Å². The Morgan fingerprint density at radius 3 is 2.71 bits per heavy atom. The number of nitrogens with two attached hydrogens (primary N) is 2. The smallest absolute Gasteiger partial charge is 0.255 e. The molecule has 3 atom stereocenters. The molecule has 21 heavy (non-hydrogen) atoms. The van der Waals surface area contributed by atoms with E-state index in [1.807, 2.05) is 0 Å². The standard InChI is InChI=1S/C11H16ClN5O4/c12-7-5(8(13)20)9(16-10(14)15-7)17-11(21)2-1-4(3-18)6(11)19/h4,6,18-19,21H,1-3H2,(H2,13,20)(H3,14,15,16,17). The number of nitrogen functional groups attached to an aromatic ring is 1. The molecule has 3 unspecified atom stereocenters. The number of halogens is 1. The van der Waals surface area contributed by atoms with Crippen molar-refractivity contribution in [1.82, 2.24) is 9.97 Å². The molecule has 1 saturated carbocycles. The fourth-order valence-corrected chi connectivity index (χ4v) is 2.66. The van der Waals surface area contributed by atoms with Gasteiger partial charge in [0.15, 0.2) is 5.72 Å². The van der Waals surface area contributed by atoms with Gasteiger partial charge in [-0.1, -0.05) is 11.6 Å². The van der Waals surface area contributed by atoms with E-state index < -0.39 is 23.7 Å². The van der Waals surface area contributed by atoms with E-state index in [2.05, 4.69) is 15.3 Å². The lowest BCUT2D eigenvalue weighted by molar-refractivity contribution is -0.0546. The first-order valence-electron chi connectivity index (χ1n) is 6.20. The van der Waals surface area contributed by atoms with Crippen LogP contribution in [0.2, 0.25) is 5.15 Å². The lowest BCUT2D eigenvalue weighted by atomic mass is 10.0. The summed E-state index contributed by atoms with van der Waals surface area (Å²) in [5.41, 5.74) is 8.64. The van der Waals surface area contributed by atoms with Crippen molar-refractivity contribution in [3.63, 3.8) is 0 Å². The highest BCUT2D eigenvalue weighted by Gasteiger charge is 2.47. The number of carbonyl (C=O) groups excluding carboxylic acids is 1. The minimum Gasteiger partial charge on any atom is -0.396 e. The molecule has 10 heteroatoms. The monoisotopic (exact) mass is 317 g/mol. The van der Waals surface area contributed by atoms with Gasteiger partial charge in [0, 0.05) is 12.5 Å². The average molecular weight is 318 g/mol. The molecule has 1 fully saturated rings. The van der Waals surface area contributed by atoms with Gasteiger partial charge in [0.2, 0.25) is 5.95 Å². The molecule has 1 amide bonds. The summed E-state index contributed by atoms with van der Waals surface area (Å²) < 4.78 is 0. The molecule has 1 heterocycles. The first kappa shape index (κ1) is 15.7. The number of anilines is 2. The molecular formula is C11H16ClN5O4. The molecule has 2 rings (SSSR count). The molecule has 116 valence electrons. The molecular weight excluding hydrogens is 302 g/mol. The minimum absolute atomic E-state index is 0.138. The van der Waals surface area contributed by atoms with Crippen LogP contribution in [0.3, 0.4) is 0 Å². The Kier molecular flexibility index (Phi) is 4.19. The van der Waals surface area contributed by atoms with E-state index in [4.69, 9.17) is 28.2 Å². The lowest BCUT2D eigenvalue weighted by Gasteiger charge is -2.30. The van der Waals surface area contributed by atoms with E-state index in [1.165, 1.54) is 0 Å². The zero-order valence-corrected chi connectivity index (χ0v) is 11.7. The van der Waals surface area contributed by atoms with E-state index in [0.29, 0.717) is 6.42 Å². The molecule has 9 nitrogen and oxygen atoms in total. The van der Waals surface area contributed by atoms with Gasteiger partial charge in [-0.15, -0.1) is 0 Å². The summed E-state index contributed by atoms with van der Waals surface area (Å²) in [6, 6.07) is 0. The molecule has 0 bridgehead atoms. The predicted octanol–water partition coefficient (Wildman–Crippen LogP) is -1.33. The zero-order chi connectivity index (χ0) is 15.8. The molecule has 1 aliphatic rings. The highest BCUT2D eigenvalue weighted by molar-refractivity contribution is 6.33. The molecule has 0 saturated heterocycles. The number of rotatable bonds is 4. The molecule has 1 aromatic heterocycles. The summed E-state index contributed by atoms with van der Waals surface area (Å²) in [5, 5.41) is 31.9. The van der Waals surface area contributed by atoms with Crippen molar-refractivity contribution in [2.45, 2.75) is 24.7 Å². The van der Waals surface area contributed by atoms with Crippen molar-refractivity contribution in [2.75, 3.05) is 17.7 Å². The van der Waals surface area contributed by atoms with Crippen LogP contribution < -0.4 is 16.8 Å². The SMILES string of the molecule is NC(=O)c1c(Cl)nc(N)nc1NC1(O)CCC(CO)C1O. The van der Waals surface area contributed by atoms with Gasteiger partial charge in [-0.05, 0) is 12.8 Å². The van der Waals surface area contributed by atoms with Crippen molar-refractivity contribution in [1.29, 1.82) is 0 Å². The number of nitrogens with zero attached hydrogens (tertiary/aromatic N) is 2. The summed E-state index contributed by atoms with van der Waals surface area (Å²) in [7, 11) is 0. The van der Waals surface area contributed by atoms with Crippen molar-refractivity contribution in [2.24, 2.45) is 11.7 Å². The number of amides is 1. The van der Waals surface area contributed by atoms with Gasteiger partial charge in [0.25, 0.3) is 5.91 Å². The molecule has 0 aliphatic heterocycles. The Morgan fingerprint density at radius 1 is 1.52 bits per heavy atom. The molecule has 0 aromatic carbocycles. The summed E-state index contributed by atoms with van der Waals surface area (Å²) in [5.74, 6) is -1.78. The first-order valence-corrected chi connectivity index (χ1v) is 6.58. The maximum absolute atomic E-state index is 11.4. The minimum atomic E-state index is -1.78. The highest BCUT2D eigenvalue weighted by Crippen LogP contribution is 2.36. The van der Waals surface area contributed by atoms with Crippen molar-refractivity contribution >= 4 is 29.3 Å². The Labute approximate surface area is 124 Å². The van der Waals surface area contributed by atoms with E-state index in [0.717, 1.165) is 0 Å². The fraction of sp³-hybridized carbons (Fsp3) is 0.545. The van der Waals surface area contributed by atoms with E-state index in [9.17, 15) is 15.0 Å². The molecule has 1 aromatic rings. The number of hydrogen-bond acceptors (Lipinski definition) is 8. The normalized spacial score (nSPS) is 28.6. The first-order chi connectivity index (χ1) is 9.78. The maximum Gasteiger partial charge on any atom is 0.255 e. The Balaban J connectivity index is 2.38. The molecule has 0 spiro atoms. The molecule has 0 radical (unpaired) electrons. The van der Waals surface area contributed by atoms with Gasteiger partial charge in [-0.2, -0.15) is 4.98 Å². The third-order valence-corrected chi connectivity index (χ3v) is 3.80. The van der Waals surface area contributed by atoms with E-state index in [1.54, 1.807) is 0 Å². The van der Waals surface area contributed by atoms with Crippen molar-refractivity contribution in [3.8, 4) is 0 Å². The number of carbonyl (C=O) groups is 1. The lowest BCUT2D eigenvalue weighted by Crippen LogP contribution is -2.48. The van der Waals surface area contributed by atoms with Crippen LogP contribution in [-0.4, -0.2) is 49.6 Å². The number of aromatic nitrogens is 2. The van der Waals surface area contributed by atoms with Crippen LogP contribution in [0, 0.1) is 5.92 Å². The maximum atomic E-state index is 11.4. The molecule has 8 N–H and O–H groups in total. The number of primary amides is 1. The van der Waals surface area contributed by atoms with Crippen LogP contribution in [0.15, 0.2) is 0 Å². The second kappa shape index (κ2) is 5.60. The second-order valence-electron chi connectivity index (χ2n) is 4.94.